The van der Waals surface area contributed by atoms with Gasteiger partial charge < -0.3 is 5.11 Å². The highest BCUT2D eigenvalue weighted by molar-refractivity contribution is 4.75. The van der Waals surface area contributed by atoms with Gasteiger partial charge in [0.15, 0.2) is 6.10 Å². The Balaban J connectivity index is 4.11. The second-order valence-electron chi connectivity index (χ2n) is 5.80. The number of halogens is 3. The molecule has 0 aromatic carbocycles. The fraction of sp³-hybridized carbons (Fsp3) is 1.00. The quantitative estimate of drug-likeness (QED) is 0.447. The molecule has 0 amide bonds. The predicted molar refractivity (Wildman–Crippen MR) is 77.7 cm³/mol. The molecule has 1 N–H and O–H groups in total. The third kappa shape index (κ3) is 9.62. The normalized spacial score (nSPS) is 15.3. The lowest BCUT2D eigenvalue weighted by Gasteiger charge is -2.25. The van der Waals surface area contributed by atoms with E-state index in [1.165, 1.54) is 0 Å². The summed E-state index contributed by atoms with van der Waals surface area (Å²) in [6, 6.07) is 0. The van der Waals surface area contributed by atoms with Gasteiger partial charge in [-0.05, 0) is 18.8 Å². The van der Waals surface area contributed by atoms with Crippen molar-refractivity contribution in [1.82, 2.24) is 0 Å². The molecule has 0 radical (unpaired) electrons. The number of hydrogen-bond donors (Lipinski definition) is 1. The maximum Gasteiger partial charge on any atom is 0.414 e. The van der Waals surface area contributed by atoms with Gasteiger partial charge in [-0.2, -0.15) is 13.2 Å². The van der Waals surface area contributed by atoms with Crippen molar-refractivity contribution in [2.24, 2.45) is 5.92 Å². The summed E-state index contributed by atoms with van der Waals surface area (Å²) in [6.45, 7) is 4.19. The zero-order chi connectivity index (χ0) is 15.4. The van der Waals surface area contributed by atoms with E-state index in [1.807, 2.05) is 0 Å². The number of hydrogen-bond acceptors (Lipinski definition) is 1. The van der Waals surface area contributed by atoms with E-state index in [1.54, 1.807) is 0 Å². The van der Waals surface area contributed by atoms with Crippen LogP contribution in [0.25, 0.3) is 0 Å². The van der Waals surface area contributed by atoms with Crippen molar-refractivity contribution >= 4 is 0 Å². The maximum absolute atomic E-state index is 12.7. The van der Waals surface area contributed by atoms with Crippen molar-refractivity contribution in [1.29, 1.82) is 0 Å². The fourth-order valence-corrected chi connectivity index (χ4v) is 2.57. The maximum atomic E-state index is 12.7. The van der Waals surface area contributed by atoms with E-state index in [9.17, 15) is 18.3 Å². The summed E-state index contributed by atoms with van der Waals surface area (Å²) < 4.78 is 38.0. The van der Waals surface area contributed by atoms with Gasteiger partial charge >= 0.3 is 6.18 Å². The standard InChI is InChI=1S/C16H31F3O/c1-3-5-7-9-11-13-14(12-10-8-6-4-2)15(20)16(17,18)19/h14-15,20H,3-13H2,1-2H3. The number of aliphatic hydroxyl groups excluding tert-OH is 1. The van der Waals surface area contributed by atoms with Gasteiger partial charge in [-0.3, -0.25) is 0 Å². The number of alkyl halides is 3. The van der Waals surface area contributed by atoms with Crippen LogP contribution in [0.1, 0.15) is 84.5 Å². The largest absolute Gasteiger partial charge is 0.414 e. The summed E-state index contributed by atoms with van der Waals surface area (Å²) in [5.74, 6) is -0.617. The summed E-state index contributed by atoms with van der Waals surface area (Å²) in [7, 11) is 0. The molecule has 0 aromatic heterocycles. The Labute approximate surface area is 122 Å². The first-order valence-electron chi connectivity index (χ1n) is 8.18. The fourth-order valence-electron chi connectivity index (χ4n) is 2.57. The topological polar surface area (TPSA) is 20.2 Å². The highest BCUT2D eigenvalue weighted by Gasteiger charge is 2.42. The third-order valence-corrected chi connectivity index (χ3v) is 3.89. The van der Waals surface area contributed by atoms with Gasteiger partial charge in [-0.1, -0.05) is 71.6 Å². The number of aliphatic hydroxyl groups is 1. The lowest BCUT2D eigenvalue weighted by molar-refractivity contribution is -0.221. The molecule has 0 rings (SSSR count). The SMILES string of the molecule is CCCCCCCC(CCCCCC)C(O)C(F)(F)F. The Kier molecular flexibility index (Phi) is 11.3. The number of rotatable bonds is 12. The van der Waals surface area contributed by atoms with Gasteiger partial charge in [0.1, 0.15) is 0 Å². The predicted octanol–water partition coefficient (Wildman–Crippen LogP) is 5.86. The zero-order valence-corrected chi connectivity index (χ0v) is 13.0. The van der Waals surface area contributed by atoms with Gasteiger partial charge in [0.05, 0.1) is 0 Å². The van der Waals surface area contributed by atoms with Crippen LogP contribution < -0.4 is 0 Å². The summed E-state index contributed by atoms with van der Waals surface area (Å²) in [4.78, 5) is 0. The van der Waals surface area contributed by atoms with Gasteiger partial charge in [-0.15, -0.1) is 0 Å². The molecule has 0 aliphatic carbocycles. The molecular formula is C16H31F3O. The lowest BCUT2D eigenvalue weighted by Crippen LogP contribution is -2.36. The molecule has 1 nitrogen and oxygen atoms in total. The average Bonchev–Trinajstić information content (AvgIpc) is 2.39. The molecule has 0 spiro atoms. The Morgan fingerprint density at radius 3 is 1.55 bits per heavy atom. The summed E-state index contributed by atoms with van der Waals surface area (Å²) >= 11 is 0. The van der Waals surface area contributed by atoms with Gasteiger partial charge in [-0.25, -0.2) is 0 Å². The van der Waals surface area contributed by atoms with Gasteiger partial charge in [0.2, 0.25) is 0 Å². The van der Waals surface area contributed by atoms with E-state index in [4.69, 9.17) is 0 Å². The van der Waals surface area contributed by atoms with Crippen LogP contribution >= 0.6 is 0 Å². The first-order valence-corrected chi connectivity index (χ1v) is 8.18. The van der Waals surface area contributed by atoms with Crippen LogP contribution in [0.3, 0.4) is 0 Å². The van der Waals surface area contributed by atoms with Crippen LogP contribution in [0, 0.1) is 5.92 Å². The highest BCUT2D eigenvalue weighted by atomic mass is 19.4. The minimum Gasteiger partial charge on any atom is -0.383 e. The summed E-state index contributed by atoms with van der Waals surface area (Å²) in [5, 5.41) is 9.48. The lowest BCUT2D eigenvalue weighted by atomic mass is 9.89. The van der Waals surface area contributed by atoms with Crippen molar-refractivity contribution in [3.8, 4) is 0 Å². The van der Waals surface area contributed by atoms with Crippen LogP contribution in [0.5, 0.6) is 0 Å². The van der Waals surface area contributed by atoms with E-state index >= 15 is 0 Å². The first-order chi connectivity index (χ1) is 9.43. The Morgan fingerprint density at radius 2 is 1.15 bits per heavy atom. The highest BCUT2D eigenvalue weighted by Crippen LogP contribution is 2.31. The molecule has 0 bridgehead atoms. The molecule has 20 heavy (non-hydrogen) atoms. The molecule has 0 saturated heterocycles. The summed E-state index contributed by atoms with van der Waals surface area (Å²) in [5.41, 5.74) is 0. The van der Waals surface area contributed by atoms with Crippen molar-refractivity contribution in [2.45, 2.75) is 96.8 Å². The smallest absolute Gasteiger partial charge is 0.383 e. The molecule has 0 fully saturated rings. The van der Waals surface area contributed by atoms with E-state index in [0.717, 1.165) is 57.8 Å². The van der Waals surface area contributed by atoms with E-state index < -0.39 is 18.2 Å². The van der Waals surface area contributed by atoms with Crippen LogP contribution in [0.4, 0.5) is 13.2 Å². The molecule has 0 aromatic rings. The monoisotopic (exact) mass is 296 g/mol. The molecular weight excluding hydrogens is 265 g/mol. The molecule has 2 unspecified atom stereocenters. The first kappa shape index (κ1) is 19.8. The van der Waals surface area contributed by atoms with Crippen molar-refractivity contribution in [3.63, 3.8) is 0 Å². The second kappa shape index (κ2) is 11.4. The Morgan fingerprint density at radius 1 is 0.750 bits per heavy atom. The van der Waals surface area contributed by atoms with Gasteiger partial charge in [0, 0.05) is 0 Å². The van der Waals surface area contributed by atoms with E-state index in [0.29, 0.717) is 12.8 Å². The minimum atomic E-state index is -4.47. The molecule has 0 aliphatic rings. The van der Waals surface area contributed by atoms with Crippen LogP contribution in [-0.4, -0.2) is 17.4 Å². The molecule has 2 atom stereocenters. The zero-order valence-electron chi connectivity index (χ0n) is 13.0. The van der Waals surface area contributed by atoms with Crippen LogP contribution in [0.2, 0.25) is 0 Å². The molecule has 4 heteroatoms. The van der Waals surface area contributed by atoms with Crippen molar-refractivity contribution in [3.05, 3.63) is 0 Å². The average molecular weight is 296 g/mol. The minimum absolute atomic E-state index is 0.494. The van der Waals surface area contributed by atoms with E-state index in [2.05, 4.69) is 13.8 Å². The van der Waals surface area contributed by atoms with Crippen LogP contribution in [-0.2, 0) is 0 Å². The molecule has 0 heterocycles. The second-order valence-corrected chi connectivity index (χ2v) is 5.80. The molecule has 122 valence electrons. The van der Waals surface area contributed by atoms with Gasteiger partial charge in [0.25, 0.3) is 0 Å². The Bertz CT molecular complexity index is 216. The van der Waals surface area contributed by atoms with Crippen LogP contribution in [0.15, 0.2) is 0 Å². The summed E-state index contributed by atoms with van der Waals surface area (Å²) in [6.07, 6.45) is 3.40. The van der Waals surface area contributed by atoms with E-state index in [-0.39, 0.29) is 0 Å². The number of unbranched alkanes of at least 4 members (excludes halogenated alkanes) is 7. The molecule has 0 aliphatic heterocycles. The van der Waals surface area contributed by atoms with Crippen molar-refractivity contribution < 1.29 is 18.3 Å². The third-order valence-electron chi connectivity index (χ3n) is 3.89. The molecule has 0 saturated carbocycles. The van der Waals surface area contributed by atoms with Crippen molar-refractivity contribution in [2.75, 3.05) is 0 Å². The Hall–Kier alpha value is -0.250.